The third kappa shape index (κ3) is 1.36. The van der Waals surface area contributed by atoms with E-state index in [2.05, 4.69) is 0 Å². The summed E-state index contributed by atoms with van der Waals surface area (Å²) < 4.78 is 4.91. The molecule has 3 nitrogen and oxygen atoms in total. The van der Waals surface area contributed by atoms with E-state index in [0.717, 1.165) is 12.8 Å². The molecule has 2 aliphatic carbocycles. The summed E-state index contributed by atoms with van der Waals surface area (Å²) in [5.74, 6) is 0.366. The first-order valence-corrected chi connectivity index (χ1v) is 4.95. The molecule has 3 heteroatoms. The number of hydrogen-bond donors (Lipinski definition) is 0. The van der Waals surface area contributed by atoms with Crippen LogP contribution >= 0.6 is 0 Å². The Morgan fingerprint density at radius 2 is 2.38 bits per heavy atom. The molecule has 0 radical (unpaired) electrons. The lowest BCUT2D eigenvalue weighted by Gasteiger charge is -2.04. The maximum Gasteiger partial charge on any atom is 0.309 e. The fourth-order valence-electron chi connectivity index (χ4n) is 2.41. The molecule has 72 valence electrons. The minimum absolute atomic E-state index is 0.0211. The van der Waals surface area contributed by atoms with Crippen molar-refractivity contribution in [3.8, 4) is 0 Å². The summed E-state index contributed by atoms with van der Waals surface area (Å²) >= 11 is 0. The Balaban J connectivity index is 1.97. The molecule has 0 unspecified atom stereocenters. The van der Waals surface area contributed by atoms with E-state index in [1.807, 2.05) is 0 Å². The van der Waals surface area contributed by atoms with Gasteiger partial charge in [-0.05, 0) is 25.7 Å². The van der Waals surface area contributed by atoms with Gasteiger partial charge in [0.15, 0.2) is 0 Å². The average molecular weight is 182 g/mol. The molecule has 0 heterocycles. The second kappa shape index (κ2) is 3.13. The molecule has 3 atom stereocenters. The SMILES string of the molecule is CCOC(=O)[C@@H]1[C@H]2CCCC(=O)[C@H]21. The van der Waals surface area contributed by atoms with Gasteiger partial charge in [0, 0.05) is 12.3 Å². The van der Waals surface area contributed by atoms with Crippen LogP contribution in [-0.4, -0.2) is 18.4 Å². The molecule has 2 rings (SSSR count). The quantitative estimate of drug-likeness (QED) is 0.602. The molecule has 0 amide bonds. The van der Waals surface area contributed by atoms with E-state index in [-0.39, 0.29) is 23.6 Å². The maximum atomic E-state index is 11.3. The summed E-state index contributed by atoms with van der Waals surface area (Å²) in [6, 6.07) is 0. The van der Waals surface area contributed by atoms with Crippen molar-refractivity contribution < 1.29 is 14.3 Å². The Labute approximate surface area is 77.4 Å². The van der Waals surface area contributed by atoms with E-state index in [0.29, 0.717) is 18.9 Å². The minimum atomic E-state index is -0.159. The molecule has 0 N–H and O–H groups in total. The predicted molar refractivity (Wildman–Crippen MR) is 46.0 cm³/mol. The van der Waals surface area contributed by atoms with Crippen LogP contribution < -0.4 is 0 Å². The molecule has 0 aliphatic heterocycles. The highest BCUT2D eigenvalue weighted by molar-refractivity contribution is 5.93. The maximum absolute atomic E-state index is 11.3. The third-order valence-electron chi connectivity index (χ3n) is 3.06. The zero-order chi connectivity index (χ0) is 9.42. The number of ether oxygens (including phenoxy) is 1. The highest BCUT2D eigenvalue weighted by atomic mass is 16.5. The summed E-state index contributed by atoms with van der Waals surface area (Å²) in [6.45, 7) is 2.22. The number of fused-ring (bicyclic) bond motifs is 1. The number of carbonyl (C=O) groups is 2. The smallest absolute Gasteiger partial charge is 0.309 e. The van der Waals surface area contributed by atoms with Crippen LogP contribution in [0.2, 0.25) is 0 Å². The van der Waals surface area contributed by atoms with Crippen molar-refractivity contribution in [2.45, 2.75) is 26.2 Å². The van der Waals surface area contributed by atoms with E-state index < -0.39 is 0 Å². The lowest BCUT2D eigenvalue weighted by atomic mass is 10.00. The topological polar surface area (TPSA) is 43.4 Å². The van der Waals surface area contributed by atoms with Crippen molar-refractivity contribution in [2.75, 3.05) is 6.61 Å². The molecular weight excluding hydrogens is 168 g/mol. The van der Waals surface area contributed by atoms with Gasteiger partial charge in [0.25, 0.3) is 0 Å². The van der Waals surface area contributed by atoms with Gasteiger partial charge in [-0.15, -0.1) is 0 Å². The Hall–Kier alpha value is -0.860. The van der Waals surface area contributed by atoms with Crippen LogP contribution in [-0.2, 0) is 14.3 Å². The average Bonchev–Trinajstić information content (AvgIpc) is 2.80. The van der Waals surface area contributed by atoms with Crippen LogP contribution in [0.1, 0.15) is 26.2 Å². The first-order valence-electron chi connectivity index (χ1n) is 4.95. The van der Waals surface area contributed by atoms with Crippen LogP contribution in [0.5, 0.6) is 0 Å². The normalized spacial score (nSPS) is 36.7. The Morgan fingerprint density at radius 3 is 3.00 bits per heavy atom. The zero-order valence-corrected chi connectivity index (χ0v) is 7.79. The summed E-state index contributed by atoms with van der Waals surface area (Å²) in [5.41, 5.74) is 0. The number of Topliss-reactive ketones (excluding diaryl/α,β-unsaturated/α-hetero) is 1. The van der Waals surface area contributed by atoms with Crippen LogP contribution in [0.3, 0.4) is 0 Å². The molecular formula is C10H14O3. The van der Waals surface area contributed by atoms with E-state index in [1.54, 1.807) is 6.92 Å². The van der Waals surface area contributed by atoms with Crippen LogP contribution in [0.4, 0.5) is 0 Å². The molecule has 0 aromatic rings. The highest BCUT2D eigenvalue weighted by Gasteiger charge is 2.60. The van der Waals surface area contributed by atoms with Gasteiger partial charge in [0.1, 0.15) is 5.78 Å². The summed E-state index contributed by atoms with van der Waals surface area (Å²) in [6.07, 6.45) is 2.65. The number of ketones is 1. The highest BCUT2D eigenvalue weighted by Crippen LogP contribution is 2.54. The predicted octanol–water partition coefficient (Wildman–Crippen LogP) is 1.16. The lowest BCUT2D eigenvalue weighted by molar-refractivity contribution is -0.146. The van der Waals surface area contributed by atoms with Gasteiger partial charge in [0.2, 0.25) is 0 Å². The van der Waals surface area contributed by atoms with E-state index in [4.69, 9.17) is 4.74 Å². The lowest BCUT2D eigenvalue weighted by Crippen LogP contribution is -2.11. The summed E-state index contributed by atoms with van der Waals surface area (Å²) in [4.78, 5) is 22.7. The standard InChI is InChI=1S/C10H14O3/c1-2-13-10(12)9-6-4-3-5-7(11)8(6)9/h6,8-9H,2-5H2,1H3/t6-,8-,9+/m0/s1. The number of carbonyl (C=O) groups excluding carboxylic acids is 2. The van der Waals surface area contributed by atoms with Crippen molar-refractivity contribution in [1.29, 1.82) is 0 Å². The van der Waals surface area contributed by atoms with Crippen molar-refractivity contribution in [3.63, 3.8) is 0 Å². The number of rotatable bonds is 2. The Kier molecular flexibility index (Phi) is 2.10. The first kappa shape index (κ1) is 8.73. The molecule has 0 aromatic heterocycles. The second-order valence-corrected chi connectivity index (χ2v) is 3.83. The molecule has 0 saturated heterocycles. The monoisotopic (exact) mass is 182 g/mol. The van der Waals surface area contributed by atoms with Crippen LogP contribution in [0.25, 0.3) is 0 Å². The Morgan fingerprint density at radius 1 is 1.62 bits per heavy atom. The first-order chi connectivity index (χ1) is 6.25. The van der Waals surface area contributed by atoms with E-state index >= 15 is 0 Å². The summed E-state index contributed by atoms with van der Waals surface area (Å²) in [7, 11) is 0. The van der Waals surface area contributed by atoms with E-state index in [9.17, 15) is 9.59 Å². The molecule has 2 aliphatic rings. The molecule has 0 spiro atoms. The van der Waals surface area contributed by atoms with Crippen molar-refractivity contribution in [2.24, 2.45) is 17.8 Å². The van der Waals surface area contributed by atoms with Gasteiger partial charge in [-0.3, -0.25) is 9.59 Å². The largest absolute Gasteiger partial charge is 0.466 e. The minimum Gasteiger partial charge on any atom is -0.466 e. The van der Waals surface area contributed by atoms with Gasteiger partial charge in [-0.25, -0.2) is 0 Å². The van der Waals surface area contributed by atoms with Crippen LogP contribution in [0.15, 0.2) is 0 Å². The van der Waals surface area contributed by atoms with Crippen LogP contribution in [0, 0.1) is 17.8 Å². The zero-order valence-electron chi connectivity index (χ0n) is 7.79. The fourth-order valence-corrected chi connectivity index (χ4v) is 2.41. The fraction of sp³-hybridized carbons (Fsp3) is 0.800. The number of hydrogen-bond acceptors (Lipinski definition) is 3. The van der Waals surface area contributed by atoms with Crippen molar-refractivity contribution >= 4 is 11.8 Å². The molecule has 2 fully saturated rings. The van der Waals surface area contributed by atoms with Crippen molar-refractivity contribution in [3.05, 3.63) is 0 Å². The van der Waals surface area contributed by atoms with Gasteiger partial charge in [-0.1, -0.05) is 0 Å². The van der Waals surface area contributed by atoms with Gasteiger partial charge in [-0.2, -0.15) is 0 Å². The van der Waals surface area contributed by atoms with Gasteiger partial charge in [0.05, 0.1) is 12.5 Å². The summed E-state index contributed by atoms with van der Waals surface area (Å²) in [5, 5.41) is 0. The van der Waals surface area contributed by atoms with E-state index in [1.165, 1.54) is 0 Å². The molecule has 2 saturated carbocycles. The van der Waals surface area contributed by atoms with Crippen molar-refractivity contribution in [1.82, 2.24) is 0 Å². The molecule has 0 bridgehead atoms. The Bertz CT molecular complexity index is 247. The van der Waals surface area contributed by atoms with Gasteiger partial charge < -0.3 is 4.74 Å². The third-order valence-corrected chi connectivity index (χ3v) is 3.06. The molecule has 13 heavy (non-hydrogen) atoms. The second-order valence-electron chi connectivity index (χ2n) is 3.83. The van der Waals surface area contributed by atoms with Gasteiger partial charge >= 0.3 is 5.97 Å². The molecule has 0 aromatic carbocycles. The number of esters is 1.